The first kappa shape index (κ1) is 13.1. The molecule has 2 nitrogen and oxygen atoms in total. The Balaban J connectivity index is 2.64. The van der Waals surface area contributed by atoms with Crippen molar-refractivity contribution in [2.24, 2.45) is 0 Å². The molecule has 1 aromatic heterocycles. The van der Waals surface area contributed by atoms with Gasteiger partial charge in [0.1, 0.15) is 18.2 Å². The van der Waals surface area contributed by atoms with Gasteiger partial charge in [-0.1, -0.05) is 0 Å². The van der Waals surface area contributed by atoms with E-state index in [4.69, 9.17) is 11.6 Å². The van der Waals surface area contributed by atoms with Gasteiger partial charge in [0.05, 0.1) is 16.4 Å². The molecule has 0 radical (unpaired) electrons. The van der Waals surface area contributed by atoms with Crippen LogP contribution in [0, 0.1) is 5.82 Å². The first-order chi connectivity index (χ1) is 8.28. The Labute approximate surface area is 105 Å². The molecule has 2 aromatic rings. The number of alkyl halides is 4. The fourth-order valence-electron chi connectivity index (χ4n) is 1.76. The Hall–Kier alpha value is -1.30. The van der Waals surface area contributed by atoms with Gasteiger partial charge in [0.15, 0.2) is 0 Å². The molecule has 0 spiro atoms. The van der Waals surface area contributed by atoms with Crippen LogP contribution in [0.1, 0.15) is 18.1 Å². The van der Waals surface area contributed by atoms with Gasteiger partial charge in [0, 0.05) is 0 Å². The lowest BCUT2D eigenvalue weighted by atomic mass is 10.3. The van der Waals surface area contributed by atoms with Crippen molar-refractivity contribution in [2.75, 3.05) is 0 Å². The van der Waals surface area contributed by atoms with Crippen LogP contribution in [0.2, 0.25) is 0 Å². The number of nitrogens with zero attached hydrogens (tertiary/aromatic N) is 2. The predicted molar refractivity (Wildman–Crippen MR) is 60.0 cm³/mol. The van der Waals surface area contributed by atoms with Gasteiger partial charge in [0.2, 0.25) is 0 Å². The minimum absolute atomic E-state index is 0.0783. The number of aromatic nitrogens is 2. The number of imidazole rings is 1. The van der Waals surface area contributed by atoms with Crippen LogP contribution in [-0.2, 0) is 6.54 Å². The van der Waals surface area contributed by atoms with Gasteiger partial charge >= 0.3 is 6.18 Å². The molecule has 0 saturated heterocycles. The SMILES string of the molecule is CC(Cl)c1nc2ccc(F)cc2n1CC(F)(F)F. The number of benzene rings is 1. The molecule has 1 aromatic carbocycles. The third kappa shape index (κ3) is 2.58. The van der Waals surface area contributed by atoms with Crippen molar-refractivity contribution >= 4 is 22.6 Å². The molecule has 0 fully saturated rings. The molecule has 0 N–H and O–H groups in total. The Morgan fingerprint density at radius 3 is 2.61 bits per heavy atom. The first-order valence-corrected chi connectivity index (χ1v) is 5.58. The number of hydrogen-bond donors (Lipinski definition) is 0. The maximum Gasteiger partial charge on any atom is 0.406 e. The largest absolute Gasteiger partial charge is 0.406 e. The summed E-state index contributed by atoms with van der Waals surface area (Å²) in [5.41, 5.74) is 0.387. The van der Waals surface area contributed by atoms with Gasteiger partial charge in [-0.25, -0.2) is 9.37 Å². The number of fused-ring (bicyclic) bond motifs is 1. The fourth-order valence-corrected chi connectivity index (χ4v) is 1.93. The van der Waals surface area contributed by atoms with Crippen LogP contribution in [0.25, 0.3) is 11.0 Å². The van der Waals surface area contributed by atoms with Crippen molar-refractivity contribution in [1.29, 1.82) is 0 Å². The number of hydrogen-bond acceptors (Lipinski definition) is 1. The number of rotatable bonds is 2. The van der Waals surface area contributed by atoms with Crippen LogP contribution >= 0.6 is 11.6 Å². The highest BCUT2D eigenvalue weighted by Gasteiger charge is 2.31. The summed E-state index contributed by atoms with van der Waals surface area (Å²) in [5.74, 6) is -0.533. The highest BCUT2D eigenvalue weighted by atomic mass is 35.5. The van der Waals surface area contributed by atoms with Gasteiger partial charge in [-0.15, -0.1) is 11.6 Å². The molecule has 98 valence electrons. The summed E-state index contributed by atoms with van der Waals surface area (Å²) in [4.78, 5) is 4.00. The molecule has 0 aliphatic heterocycles. The zero-order valence-electron chi connectivity index (χ0n) is 9.30. The smallest absolute Gasteiger partial charge is 0.317 e. The quantitative estimate of drug-likeness (QED) is 0.600. The minimum Gasteiger partial charge on any atom is -0.317 e. The van der Waals surface area contributed by atoms with Crippen LogP contribution in [0.4, 0.5) is 17.6 Å². The Morgan fingerprint density at radius 2 is 2.06 bits per heavy atom. The predicted octanol–water partition coefficient (Wildman–Crippen LogP) is 4.04. The van der Waals surface area contributed by atoms with Crippen molar-refractivity contribution < 1.29 is 17.6 Å². The molecule has 18 heavy (non-hydrogen) atoms. The van der Waals surface area contributed by atoms with E-state index in [9.17, 15) is 17.6 Å². The van der Waals surface area contributed by atoms with Crippen molar-refractivity contribution in [3.8, 4) is 0 Å². The van der Waals surface area contributed by atoms with E-state index in [1.165, 1.54) is 13.0 Å². The summed E-state index contributed by atoms with van der Waals surface area (Å²) >= 11 is 5.80. The highest BCUT2D eigenvalue weighted by molar-refractivity contribution is 6.20. The normalized spacial score (nSPS) is 14.1. The average Bonchev–Trinajstić information content (AvgIpc) is 2.55. The third-order valence-corrected chi connectivity index (χ3v) is 2.63. The molecule has 0 aliphatic carbocycles. The van der Waals surface area contributed by atoms with E-state index < -0.39 is 23.9 Å². The second kappa shape index (κ2) is 4.42. The molecule has 1 heterocycles. The summed E-state index contributed by atoms with van der Waals surface area (Å²) in [7, 11) is 0. The molecule has 0 amide bonds. The fraction of sp³-hybridized carbons (Fsp3) is 0.364. The van der Waals surface area contributed by atoms with Crippen molar-refractivity contribution in [1.82, 2.24) is 9.55 Å². The summed E-state index contributed by atoms with van der Waals surface area (Å²) in [6.07, 6.45) is -4.42. The van der Waals surface area contributed by atoms with Crippen LogP contribution in [0.15, 0.2) is 18.2 Å². The minimum atomic E-state index is -4.42. The summed E-state index contributed by atoms with van der Waals surface area (Å²) in [6.45, 7) is 0.283. The number of halogens is 5. The second-order valence-electron chi connectivity index (χ2n) is 3.92. The van der Waals surface area contributed by atoms with Gasteiger partial charge in [-0.3, -0.25) is 0 Å². The summed E-state index contributed by atoms with van der Waals surface area (Å²) in [6, 6.07) is 3.51. The van der Waals surface area contributed by atoms with E-state index in [2.05, 4.69) is 4.98 Å². The molecular formula is C11H9ClF4N2. The van der Waals surface area contributed by atoms with Crippen molar-refractivity contribution in [3.63, 3.8) is 0 Å². The maximum atomic E-state index is 13.1. The van der Waals surface area contributed by atoms with Gasteiger partial charge in [-0.2, -0.15) is 13.2 Å². The highest BCUT2D eigenvalue weighted by Crippen LogP contribution is 2.28. The Morgan fingerprint density at radius 1 is 1.39 bits per heavy atom. The van der Waals surface area contributed by atoms with E-state index in [1.807, 2.05) is 0 Å². The van der Waals surface area contributed by atoms with Crippen molar-refractivity contribution in [3.05, 3.63) is 29.8 Å². The summed E-state index contributed by atoms with van der Waals surface area (Å²) < 4.78 is 51.5. The van der Waals surface area contributed by atoms with Gasteiger partial charge in [0.25, 0.3) is 0 Å². The summed E-state index contributed by atoms with van der Waals surface area (Å²) in [5, 5.41) is -0.692. The average molecular weight is 281 g/mol. The molecule has 7 heteroatoms. The zero-order chi connectivity index (χ0) is 13.5. The van der Waals surface area contributed by atoms with Gasteiger partial charge < -0.3 is 4.57 Å². The molecule has 1 unspecified atom stereocenters. The van der Waals surface area contributed by atoms with E-state index in [-0.39, 0.29) is 11.3 Å². The van der Waals surface area contributed by atoms with E-state index in [1.54, 1.807) is 0 Å². The van der Waals surface area contributed by atoms with Crippen molar-refractivity contribution in [2.45, 2.75) is 25.0 Å². The topological polar surface area (TPSA) is 17.8 Å². The second-order valence-corrected chi connectivity index (χ2v) is 4.58. The van der Waals surface area contributed by atoms with Crippen LogP contribution in [-0.4, -0.2) is 15.7 Å². The van der Waals surface area contributed by atoms with E-state index in [0.717, 1.165) is 16.7 Å². The zero-order valence-corrected chi connectivity index (χ0v) is 10.1. The molecule has 2 rings (SSSR count). The van der Waals surface area contributed by atoms with E-state index in [0.29, 0.717) is 5.52 Å². The Kier molecular flexibility index (Phi) is 3.23. The Bertz CT molecular complexity index is 574. The molecular weight excluding hydrogens is 272 g/mol. The molecule has 0 aliphatic rings. The monoisotopic (exact) mass is 280 g/mol. The molecule has 1 atom stereocenters. The third-order valence-electron chi connectivity index (χ3n) is 2.43. The lowest BCUT2D eigenvalue weighted by Crippen LogP contribution is -2.19. The lowest BCUT2D eigenvalue weighted by Gasteiger charge is -2.12. The maximum absolute atomic E-state index is 13.1. The van der Waals surface area contributed by atoms with E-state index >= 15 is 0 Å². The molecule has 0 bridgehead atoms. The lowest BCUT2D eigenvalue weighted by molar-refractivity contribution is -0.140. The molecule has 0 saturated carbocycles. The van der Waals surface area contributed by atoms with Crippen LogP contribution in [0.3, 0.4) is 0 Å². The van der Waals surface area contributed by atoms with Crippen LogP contribution in [0.5, 0.6) is 0 Å². The standard InChI is InChI=1S/C11H9ClF4N2/c1-6(12)10-17-8-3-2-7(13)4-9(8)18(10)5-11(14,15)16/h2-4,6H,5H2,1H3. The first-order valence-electron chi connectivity index (χ1n) is 5.14. The van der Waals surface area contributed by atoms with Gasteiger partial charge in [-0.05, 0) is 25.1 Å². The van der Waals surface area contributed by atoms with Crippen LogP contribution < -0.4 is 0 Å².